The molecule has 0 spiro atoms. The fourth-order valence-electron chi connectivity index (χ4n) is 10.8. The highest BCUT2D eigenvalue weighted by atomic mass is 19.4. The Morgan fingerprint density at radius 2 is 1.57 bits per heavy atom. The Balaban J connectivity index is 1.80. The van der Waals surface area contributed by atoms with Crippen LogP contribution in [0.3, 0.4) is 0 Å². The zero-order valence-electron chi connectivity index (χ0n) is 44.0. The van der Waals surface area contributed by atoms with Gasteiger partial charge in [-0.15, -0.1) is 0 Å². The van der Waals surface area contributed by atoms with Crippen molar-refractivity contribution >= 4 is 17.7 Å². The largest absolute Gasteiger partial charge is 0.459 e. The number of aliphatic hydroxyl groups excluding tert-OH is 2. The van der Waals surface area contributed by atoms with E-state index < -0.39 is 125 Å². The predicted octanol–water partition coefficient (Wildman–Crippen LogP) is 4.92. The monoisotopic (exact) mass is 1010 g/mol. The maximum Gasteiger partial charge on any atom is 0.416 e. The average Bonchev–Trinajstić information content (AvgIpc) is 3.29. The van der Waals surface area contributed by atoms with Crippen molar-refractivity contribution in [2.24, 2.45) is 17.8 Å². The van der Waals surface area contributed by atoms with Crippen LogP contribution in [0, 0.1) is 17.8 Å². The number of methoxy groups -OCH3 is 1. The number of hydrogen-bond acceptors (Lipinski definition) is 15. The maximum absolute atomic E-state index is 14.6. The first-order valence-electron chi connectivity index (χ1n) is 24.8. The van der Waals surface area contributed by atoms with Gasteiger partial charge in [0.05, 0.1) is 47.5 Å². The topological polar surface area (TPSA) is 212 Å². The van der Waals surface area contributed by atoms with Crippen LogP contribution >= 0.6 is 0 Å². The molecule has 3 fully saturated rings. The highest BCUT2D eigenvalue weighted by Gasteiger charge is 2.58. The minimum absolute atomic E-state index is 0.00424. The van der Waals surface area contributed by atoms with E-state index in [-0.39, 0.29) is 43.8 Å². The molecule has 3 aliphatic heterocycles. The van der Waals surface area contributed by atoms with Crippen LogP contribution in [0.1, 0.15) is 114 Å². The van der Waals surface area contributed by atoms with Crippen molar-refractivity contribution in [2.45, 2.75) is 204 Å². The van der Waals surface area contributed by atoms with E-state index in [0.29, 0.717) is 13.1 Å². The third-order valence-electron chi connectivity index (χ3n) is 15.5. The SMILES string of the molecule is CCCNC[C@]1(O)[C@H](C)O[C@@H](O[C@H]2[C@H](C)[C@@H](O[C@@H]3O[C@H](C)C[C@H](N(C)C(=O)N(C)c4ccc(C(F)(F)F)cc4)[C@H]3O)[C@](C)(O)C[C@@H](C)CN(C)[C@H](C)[C@@H](O)[C@](C)(O)[C@@H](CC)OC(=O)[C@@H]2C)C[C@@]1(C)OC. The summed E-state index contributed by atoms with van der Waals surface area (Å²) in [6, 6.07) is 1.90. The van der Waals surface area contributed by atoms with E-state index in [0.717, 1.165) is 18.6 Å². The molecule has 0 aliphatic carbocycles. The third kappa shape index (κ3) is 13.1. The number of urea groups is 1. The number of carbonyl (C=O) groups is 2. The van der Waals surface area contributed by atoms with Gasteiger partial charge < -0.3 is 69.1 Å². The van der Waals surface area contributed by atoms with Gasteiger partial charge in [-0.2, -0.15) is 13.2 Å². The lowest BCUT2D eigenvalue weighted by Crippen LogP contribution is -2.70. The van der Waals surface area contributed by atoms with E-state index in [1.54, 1.807) is 62.4 Å². The summed E-state index contributed by atoms with van der Waals surface area (Å²) in [6.07, 6.45) is -14.1. The van der Waals surface area contributed by atoms with Gasteiger partial charge in [0.15, 0.2) is 12.6 Å². The third-order valence-corrected chi connectivity index (χ3v) is 15.5. The number of nitrogens with zero attached hydrogens (tertiary/aromatic N) is 3. The Bertz CT molecular complexity index is 1850. The van der Waals surface area contributed by atoms with Crippen molar-refractivity contribution < 1.29 is 76.7 Å². The Hall–Kier alpha value is -2.73. The van der Waals surface area contributed by atoms with Gasteiger partial charge in [0.1, 0.15) is 35.1 Å². The van der Waals surface area contributed by atoms with Crippen LogP contribution in [0.4, 0.5) is 23.7 Å². The summed E-state index contributed by atoms with van der Waals surface area (Å²) in [5, 5.41) is 64.0. The van der Waals surface area contributed by atoms with Crippen molar-refractivity contribution in [3.63, 3.8) is 0 Å². The van der Waals surface area contributed by atoms with Crippen molar-refractivity contribution in [1.29, 1.82) is 0 Å². The number of aliphatic hydroxyl groups is 5. The summed E-state index contributed by atoms with van der Waals surface area (Å²) in [5.74, 6) is -3.22. The number of benzene rings is 1. The quantitative estimate of drug-likeness (QED) is 0.121. The molecule has 18 atom stereocenters. The first kappa shape index (κ1) is 59.8. The van der Waals surface area contributed by atoms with Gasteiger partial charge in [-0.05, 0) is 118 Å². The number of nitrogens with one attached hydrogen (secondary N) is 1. The average molecular weight is 1010 g/mol. The molecule has 0 aromatic heterocycles. The number of rotatable bonds is 12. The van der Waals surface area contributed by atoms with Crippen molar-refractivity contribution in [3.8, 4) is 0 Å². The van der Waals surface area contributed by atoms with E-state index in [9.17, 15) is 48.3 Å². The lowest BCUT2D eigenvalue weighted by molar-refractivity contribution is -0.336. The van der Waals surface area contributed by atoms with Crippen LogP contribution in [0.25, 0.3) is 0 Å². The molecule has 0 bridgehead atoms. The molecule has 3 aliphatic rings. The van der Waals surface area contributed by atoms with Gasteiger partial charge in [0.2, 0.25) is 0 Å². The molecule has 20 heteroatoms. The first-order valence-corrected chi connectivity index (χ1v) is 24.8. The summed E-state index contributed by atoms with van der Waals surface area (Å²) in [6.45, 7) is 20.0. The molecule has 404 valence electrons. The highest BCUT2D eigenvalue weighted by molar-refractivity contribution is 5.91. The van der Waals surface area contributed by atoms with E-state index in [1.807, 2.05) is 18.7 Å². The van der Waals surface area contributed by atoms with Crippen molar-refractivity contribution in [2.75, 3.05) is 52.8 Å². The molecule has 17 nitrogen and oxygen atoms in total. The first-order chi connectivity index (χ1) is 32.3. The van der Waals surface area contributed by atoms with Gasteiger partial charge in [-0.1, -0.05) is 27.7 Å². The van der Waals surface area contributed by atoms with Gasteiger partial charge >= 0.3 is 18.2 Å². The molecule has 3 saturated heterocycles. The number of amides is 2. The van der Waals surface area contributed by atoms with E-state index in [4.69, 9.17) is 28.4 Å². The Kier molecular flexibility index (Phi) is 20.2. The summed E-state index contributed by atoms with van der Waals surface area (Å²) >= 11 is 0. The number of halogens is 3. The van der Waals surface area contributed by atoms with Gasteiger partial charge in [0.25, 0.3) is 0 Å². The number of carbonyl (C=O) groups excluding carboxylic acids is 2. The maximum atomic E-state index is 14.6. The number of anilines is 1. The van der Waals surface area contributed by atoms with Gasteiger partial charge in [0, 0.05) is 58.4 Å². The highest BCUT2D eigenvalue weighted by Crippen LogP contribution is 2.43. The fourth-order valence-corrected chi connectivity index (χ4v) is 10.8. The number of likely N-dealkylation sites (N-methyl/N-ethyl adjacent to an activating group) is 2. The second kappa shape index (κ2) is 23.6. The molecule has 0 unspecified atom stereocenters. The minimum atomic E-state index is -4.57. The van der Waals surface area contributed by atoms with Crippen molar-refractivity contribution in [1.82, 2.24) is 15.1 Å². The standard InChI is InChI=1S/C50H85F3N4O13/c1-16-22-54-27-49(64)33(8)67-38(25-47(49,10)65-15)69-40-30(5)42(46(9,62)24-28(3)26-55(12)32(7)41(59)48(11,63)37(17-2)68-43(60)31(40)6)70-44-39(58)36(23-29(4)66-44)57(14)45(61)56(13)35-20-18-34(19-21-35)50(51,52)53/h18-21,28-33,36-42,44,54,58-59,62-64H,16-17,22-27H2,1-15H3/t28-,29-,30+,31-,32-,33+,36+,37-,38+,39-,40+,41-,42-,44+,46-,47-,48-,49+/m1/s1. The smallest absolute Gasteiger partial charge is 0.416 e. The zero-order valence-corrected chi connectivity index (χ0v) is 44.0. The van der Waals surface area contributed by atoms with Gasteiger partial charge in [-0.3, -0.25) is 9.69 Å². The van der Waals surface area contributed by atoms with E-state index in [2.05, 4.69) is 5.32 Å². The second-order valence-corrected chi connectivity index (χ2v) is 21.2. The summed E-state index contributed by atoms with van der Waals surface area (Å²) in [4.78, 5) is 32.9. The zero-order chi connectivity index (χ0) is 53.1. The molecular weight excluding hydrogens is 922 g/mol. The molecule has 6 N–H and O–H groups in total. The molecule has 3 heterocycles. The predicted molar refractivity (Wildman–Crippen MR) is 256 cm³/mol. The molecule has 4 rings (SSSR count). The summed E-state index contributed by atoms with van der Waals surface area (Å²) in [5.41, 5.74) is -7.12. The molecular formula is C50H85F3N4O13. The van der Waals surface area contributed by atoms with E-state index >= 15 is 0 Å². The van der Waals surface area contributed by atoms with Crippen LogP contribution in [0.2, 0.25) is 0 Å². The molecule has 1 aromatic rings. The Morgan fingerprint density at radius 1 is 0.957 bits per heavy atom. The molecule has 70 heavy (non-hydrogen) atoms. The Labute approximate surface area is 413 Å². The van der Waals surface area contributed by atoms with Crippen LogP contribution in [-0.4, -0.2) is 185 Å². The Morgan fingerprint density at radius 3 is 2.13 bits per heavy atom. The number of hydrogen-bond donors (Lipinski definition) is 6. The molecule has 2 amide bonds. The molecule has 0 radical (unpaired) electrons. The lowest BCUT2D eigenvalue weighted by atomic mass is 9.75. The van der Waals surface area contributed by atoms with Crippen LogP contribution in [0.15, 0.2) is 24.3 Å². The number of esters is 1. The minimum Gasteiger partial charge on any atom is -0.459 e. The van der Waals surface area contributed by atoms with Crippen LogP contribution in [0.5, 0.6) is 0 Å². The number of ether oxygens (including phenoxy) is 6. The van der Waals surface area contributed by atoms with E-state index in [1.165, 1.54) is 50.1 Å². The fraction of sp³-hybridized carbons (Fsp3) is 0.840. The molecule has 1 aromatic carbocycles. The second-order valence-electron chi connectivity index (χ2n) is 21.2. The lowest BCUT2D eigenvalue weighted by Gasteiger charge is -2.53. The number of alkyl halides is 3. The van der Waals surface area contributed by atoms with Crippen LogP contribution in [-0.2, 0) is 39.4 Å². The summed E-state index contributed by atoms with van der Waals surface area (Å²) < 4.78 is 78.6. The van der Waals surface area contributed by atoms with Crippen LogP contribution < -0.4 is 10.2 Å². The normalized spacial score (nSPS) is 41.0. The van der Waals surface area contributed by atoms with Crippen molar-refractivity contribution in [3.05, 3.63) is 29.8 Å². The number of cyclic esters (lactones) is 1. The summed E-state index contributed by atoms with van der Waals surface area (Å²) in [7, 11) is 6.14. The molecule has 0 saturated carbocycles. The van der Waals surface area contributed by atoms with Gasteiger partial charge in [-0.25, -0.2) is 4.79 Å².